The first-order chi connectivity index (χ1) is 13.6. The highest BCUT2D eigenvalue weighted by molar-refractivity contribution is 5.84. The van der Waals surface area contributed by atoms with E-state index < -0.39 is 5.91 Å². The van der Waals surface area contributed by atoms with Crippen molar-refractivity contribution in [3.63, 3.8) is 0 Å². The molecular formula is C23H22N2O3. The number of carbonyl (C=O) groups excluding carboxylic acids is 2. The average Bonchev–Trinajstić information content (AvgIpc) is 2.72. The van der Waals surface area contributed by atoms with Crippen molar-refractivity contribution in [1.82, 2.24) is 10.9 Å². The van der Waals surface area contributed by atoms with Gasteiger partial charge in [0.1, 0.15) is 5.75 Å². The average molecular weight is 374 g/mol. The second kappa shape index (κ2) is 9.37. The van der Waals surface area contributed by atoms with Gasteiger partial charge in [-0.1, -0.05) is 66.7 Å². The lowest BCUT2D eigenvalue weighted by molar-refractivity contribution is -0.129. The first-order valence-electron chi connectivity index (χ1n) is 9.02. The Bertz CT molecular complexity index is 938. The molecule has 0 radical (unpaired) electrons. The molecule has 0 spiro atoms. The van der Waals surface area contributed by atoms with Gasteiger partial charge in [-0.25, -0.2) is 0 Å². The minimum atomic E-state index is -0.422. The van der Waals surface area contributed by atoms with E-state index in [9.17, 15) is 9.59 Å². The Morgan fingerprint density at radius 3 is 2.18 bits per heavy atom. The number of carbonyl (C=O) groups is 2. The SMILES string of the molecule is Cc1cccc(OCC(=O)NNC(=O)Cc2ccc(-c3ccccc3)cc2)c1. The van der Waals surface area contributed by atoms with Gasteiger partial charge in [-0.2, -0.15) is 0 Å². The summed E-state index contributed by atoms with van der Waals surface area (Å²) in [5, 5.41) is 0. The zero-order valence-corrected chi connectivity index (χ0v) is 15.6. The van der Waals surface area contributed by atoms with Crippen molar-refractivity contribution in [3.05, 3.63) is 90.0 Å². The number of nitrogens with one attached hydrogen (secondary N) is 2. The zero-order valence-electron chi connectivity index (χ0n) is 15.6. The van der Waals surface area contributed by atoms with E-state index in [0.717, 1.165) is 22.3 Å². The summed E-state index contributed by atoms with van der Waals surface area (Å²) >= 11 is 0. The molecule has 5 nitrogen and oxygen atoms in total. The molecule has 0 aromatic heterocycles. The standard InChI is InChI=1S/C23H22N2O3/c1-17-6-5-9-21(14-17)28-16-23(27)25-24-22(26)15-18-10-12-20(13-11-18)19-7-3-2-4-8-19/h2-14H,15-16H2,1H3,(H,24,26)(H,25,27). The van der Waals surface area contributed by atoms with Crippen LogP contribution in [-0.4, -0.2) is 18.4 Å². The van der Waals surface area contributed by atoms with Gasteiger partial charge in [-0.3, -0.25) is 20.4 Å². The monoisotopic (exact) mass is 374 g/mol. The normalized spacial score (nSPS) is 10.2. The molecule has 2 N–H and O–H groups in total. The molecule has 0 aliphatic rings. The highest BCUT2D eigenvalue weighted by Gasteiger charge is 2.07. The Kier molecular flexibility index (Phi) is 6.41. The van der Waals surface area contributed by atoms with Gasteiger partial charge in [0.2, 0.25) is 5.91 Å². The number of ether oxygens (including phenoxy) is 1. The van der Waals surface area contributed by atoms with Gasteiger partial charge >= 0.3 is 0 Å². The molecule has 0 heterocycles. The third-order valence-electron chi connectivity index (χ3n) is 4.13. The molecule has 0 aliphatic carbocycles. The van der Waals surface area contributed by atoms with E-state index >= 15 is 0 Å². The summed E-state index contributed by atoms with van der Waals surface area (Å²) in [7, 11) is 0. The van der Waals surface area contributed by atoms with Crippen molar-refractivity contribution >= 4 is 11.8 Å². The lowest BCUT2D eigenvalue weighted by Crippen LogP contribution is -2.44. The van der Waals surface area contributed by atoms with Crippen LogP contribution < -0.4 is 15.6 Å². The largest absolute Gasteiger partial charge is 0.484 e. The lowest BCUT2D eigenvalue weighted by Gasteiger charge is -2.09. The molecule has 142 valence electrons. The molecule has 0 bridgehead atoms. The summed E-state index contributed by atoms with van der Waals surface area (Å²) < 4.78 is 5.39. The predicted octanol–water partition coefficient (Wildman–Crippen LogP) is 3.43. The number of hydrogen-bond acceptors (Lipinski definition) is 3. The van der Waals surface area contributed by atoms with Crippen molar-refractivity contribution < 1.29 is 14.3 Å². The van der Waals surface area contributed by atoms with E-state index in [0.29, 0.717) is 5.75 Å². The Morgan fingerprint density at radius 2 is 1.46 bits per heavy atom. The number of benzene rings is 3. The Balaban J connectivity index is 1.43. The van der Waals surface area contributed by atoms with Crippen molar-refractivity contribution in [2.75, 3.05) is 6.61 Å². The number of hydrogen-bond donors (Lipinski definition) is 2. The molecule has 0 fully saturated rings. The van der Waals surface area contributed by atoms with Gasteiger partial charge in [0, 0.05) is 0 Å². The van der Waals surface area contributed by atoms with E-state index in [1.54, 1.807) is 6.07 Å². The minimum Gasteiger partial charge on any atom is -0.484 e. The van der Waals surface area contributed by atoms with Crippen LogP contribution in [0.5, 0.6) is 5.75 Å². The van der Waals surface area contributed by atoms with E-state index in [-0.39, 0.29) is 18.9 Å². The summed E-state index contributed by atoms with van der Waals surface area (Å²) in [5.74, 6) is -0.106. The van der Waals surface area contributed by atoms with E-state index in [1.807, 2.05) is 79.7 Å². The molecule has 0 saturated heterocycles. The van der Waals surface area contributed by atoms with E-state index in [1.165, 1.54) is 0 Å². The van der Waals surface area contributed by atoms with Crippen LogP contribution in [0.2, 0.25) is 0 Å². The second-order valence-corrected chi connectivity index (χ2v) is 6.44. The van der Waals surface area contributed by atoms with Crippen LogP contribution in [0, 0.1) is 6.92 Å². The van der Waals surface area contributed by atoms with E-state index in [4.69, 9.17) is 4.74 Å². The number of amides is 2. The maximum Gasteiger partial charge on any atom is 0.276 e. The van der Waals surface area contributed by atoms with Crippen LogP contribution in [0.1, 0.15) is 11.1 Å². The Morgan fingerprint density at radius 1 is 0.786 bits per heavy atom. The summed E-state index contributed by atoms with van der Waals surface area (Å²) in [5.41, 5.74) is 8.89. The van der Waals surface area contributed by atoms with E-state index in [2.05, 4.69) is 10.9 Å². The smallest absolute Gasteiger partial charge is 0.276 e. The molecule has 0 atom stereocenters. The summed E-state index contributed by atoms with van der Waals surface area (Å²) in [6.45, 7) is 1.77. The molecule has 28 heavy (non-hydrogen) atoms. The molecule has 2 amide bonds. The highest BCUT2D eigenvalue weighted by atomic mass is 16.5. The van der Waals surface area contributed by atoms with Crippen molar-refractivity contribution in [1.29, 1.82) is 0 Å². The molecule has 3 aromatic carbocycles. The Labute approximate surface area is 164 Å². The number of rotatable bonds is 6. The first-order valence-corrected chi connectivity index (χ1v) is 9.02. The second-order valence-electron chi connectivity index (χ2n) is 6.44. The van der Waals surface area contributed by atoms with Gasteiger partial charge in [0.05, 0.1) is 6.42 Å². The fraction of sp³-hybridized carbons (Fsp3) is 0.130. The first kappa shape index (κ1) is 19.2. The van der Waals surface area contributed by atoms with Crippen LogP contribution in [0.3, 0.4) is 0 Å². The quantitative estimate of drug-likeness (QED) is 0.650. The van der Waals surface area contributed by atoms with Crippen LogP contribution in [-0.2, 0) is 16.0 Å². The molecule has 3 aromatic rings. The highest BCUT2D eigenvalue weighted by Crippen LogP contribution is 2.19. The van der Waals surface area contributed by atoms with Crippen molar-refractivity contribution in [2.45, 2.75) is 13.3 Å². The predicted molar refractivity (Wildman–Crippen MR) is 109 cm³/mol. The van der Waals surface area contributed by atoms with Gasteiger partial charge < -0.3 is 4.74 Å². The minimum absolute atomic E-state index is 0.171. The molecule has 3 rings (SSSR count). The van der Waals surface area contributed by atoms with Crippen LogP contribution >= 0.6 is 0 Å². The lowest BCUT2D eigenvalue weighted by atomic mass is 10.0. The maximum atomic E-state index is 12.0. The molecule has 0 unspecified atom stereocenters. The molecule has 0 aliphatic heterocycles. The third kappa shape index (κ3) is 5.71. The van der Waals surface area contributed by atoms with Gasteiger partial charge in [0.25, 0.3) is 5.91 Å². The topological polar surface area (TPSA) is 67.4 Å². The summed E-state index contributed by atoms with van der Waals surface area (Å²) in [6.07, 6.45) is 0.175. The number of aryl methyl sites for hydroxylation is 1. The molecule has 5 heteroatoms. The Hall–Kier alpha value is -3.60. The summed E-state index contributed by atoms with van der Waals surface area (Å²) in [6, 6.07) is 25.2. The van der Waals surface area contributed by atoms with Crippen molar-refractivity contribution in [2.24, 2.45) is 0 Å². The molecular weight excluding hydrogens is 352 g/mol. The van der Waals surface area contributed by atoms with Crippen LogP contribution in [0.25, 0.3) is 11.1 Å². The maximum absolute atomic E-state index is 12.0. The van der Waals surface area contributed by atoms with Gasteiger partial charge in [-0.15, -0.1) is 0 Å². The van der Waals surface area contributed by atoms with Crippen molar-refractivity contribution in [3.8, 4) is 16.9 Å². The number of hydrazine groups is 1. The third-order valence-corrected chi connectivity index (χ3v) is 4.13. The van der Waals surface area contributed by atoms with Crippen LogP contribution in [0.15, 0.2) is 78.9 Å². The summed E-state index contributed by atoms with van der Waals surface area (Å²) in [4.78, 5) is 23.8. The zero-order chi connectivity index (χ0) is 19.8. The van der Waals surface area contributed by atoms with Crippen LogP contribution in [0.4, 0.5) is 0 Å². The van der Waals surface area contributed by atoms with Gasteiger partial charge in [-0.05, 0) is 41.3 Å². The van der Waals surface area contributed by atoms with Gasteiger partial charge in [0.15, 0.2) is 6.61 Å². The fourth-order valence-electron chi connectivity index (χ4n) is 2.70. The fourth-order valence-corrected chi connectivity index (χ4v) is 2.70. The molecule has 0 saturated carbocycles.